The van der Waals surface area contributed by atoms with Gasteiger partial charge < -0.3 is 15.2 Å². The highest BCUT2D eigenvalue weighted by molar-refractivity contribution is 5.92. The Hall–Kier alpha value is -2.82. The van der Waals surface area contributed by atoms with Crippen molar-refractivity contribution in [2.75, 3.05) is 0 Å². The number of esters is 1. The van der Waals surface area contributed by atoms with Gasteiger partial charge in [0.2, 0.25) is 0 Å². The third-order valence-corrected chi connectivity index (χ3v) is 3.02. The minimum Gasteiger partial charge on any atom is -0.489 e. The summed E-state index contributed by atoms with van der Waals surface area (Å²) in [6.45, 7) is 1.88. The van der Waals surface area contributed by atoms with Gasteiger partial charge in [-0.2, -0.15) is 0 Å². The summed E-state index contributed by atoms with van der Waals surface area (Å²) in [5.41, 5.74) is 6.44. The number of benzene rings is 2. The first-order chi connectivity index (χ1) is 10.6. The number of carbonyl (C=O) groups excluding carboxylic acids is 2. The Balaban J connectivity index is 1.92. The van der Waals surface area contributed by atoms with Gasteiger partial charge in [-0.1, -0.05) is 30.3 Å². The molecule has 0 aliphatic rings. The lowest BCUT2D eigenvalue weighted by Gasteiger charge is -2.10. The molecule has 0 bridgehead atoms. The van der Waals surface area contributed by atoms with E-state index in [-0.39, 0.29) is 0 Å². The molecule has 2 aromatic carbocycles. The smallest absolute Gasteiger partial charge is 0.338 e. The summed E-state index contributed by atoms with van der Waals surface area (Å²) in [6, 6.07) is 16.3. The number of ether oxygens (including phenoxy) is 2. The van der Waals surface area contributed by atoms with Crippen molar-refractivity contribution in [2.24, 2.45) is 5.73 Å². The van der Waals surface area contributed by atoms with Crippen LogP contribution in [0, 0.1) is 0 Å². The monoisotopic (exact) mass is 299 g/mol. The summed E-state index contributed by atoms with van der Waals surface area (Å²) in [5, 5.41) is 0. The van der Waals surface area contributed by atoms with Gasteiger partial charge in [-0.05, 0) is 36.8 Å². The molecule has 0 aromatic heterocycles. The van der Waals surface area contributed by atoms with Crippen molar-refractivity contribution < 1.29 is 19.1 Å². The lowest BCUT2D eigenvalue weighted by atomic mass is 10.2. The van der Waals surface area contributed by atoms with Crippen molar-refractivity contribution >= 4 is 11.9 Å². The zero-order valence-corrected chi connectivity index (χ0v) is 12.2. The largest absolute Gasteiger partial charge is 0.489 e. The Kier molecular flexibility index (Phi) is 5.14. The normalized spacial score (nSPS) is 11.5. The van der Waals surface area contributed by atoms with Gasteiger partial charge in [-0.15, -0.1) is 0 Å². The molecule has 0 aliphatic carbocycles. The maximum atomic E-state index is 11.8. The van der Waals surface area contributed by atoms with Crippen molar-refractivity contribution in [1.29, 1.82) is 0 Å². The van der Waals surface area contributed by atoms with Crippen LogP contribution in [-0.2, 0) is 16.1 Å². The average Bonchev–Trinajstić information content (AvgIpc) is 2.54. The summed E-state index contributed by atoms with van der Waals surface area (Å²) in [4.78, 5) is 22.6. The fourth-order valence-electron chi connectivity index (χ4n) is 1.71. The summed E-state index contributed by atoms with van der Waals surface area (Å²) >= 11 is 0. The maximum Gasteiger partial charge on any atom is 0.338 e. The Morgan fingerprint density at radius 2 is 1.68 bits per heavy atom. The zero-order valence-electron chi connectivity index (χ0n) is 12.2. The van der Waals surface area contributed by atoms with Gasteiger partial charge >= 0.3 is 5.97 Å². The van der Waals surface area contributed by atoms with E-state index in [1.54, 1.807) is 24.3 Å². The summed E-state index contributed by atoms with van der Waals surface area (Å²) in [5.74, 6) is -0.638. The van der Waals surface area contributed by atoms with Crippen LogP contribution in [0.5, 0.6) is 5.75 Å². The molecule has 2 rings (SSSR count). The fourth-order valence-corrected chi connectivity index (χ4v) is 1.71. The number of nitrogens with two attached hydrogens (primary N) is 1. The van der Waals surface area contributed by atoms with Gasteiger partial charge in [-0.3, -0.25) is 4.79 Å². The van der Waals surface area contributed by atoms with Crippen molar-refractivity contribution in [1.82, 2.24) is 0 Å². The van der Waals surface area contributed by atoms with Gasteiger partial charge in [-0.25, -0.2) is 4.79 Å². The van der Waals surface area contributed by atoms with E-state index in [4.69, 9.17) is 15.2 Å². The number of rotatable bonds is 6. The van der Waals surface area contributed by atoms with Crippen LogP contribution in [0.3, 0.4) is 0 Å². The van der Waals surface area contributed by atoms with E-state index in [1.165, 1.54) is 6.92 Å². The van der Waals surface area contributed by atoms with Crippen LogP contribution >= 0.6 is 0 Å². The Labute approximate surface area is 128 Å². The number of carbonyl (C=O) groups is 2. The highest BCUT2D eigenvalue weighted by Gasteiger charge is 2.15. The van der Waals surface area contributed by atoms with Gasteiger partial charge in [0.05, 0.1) is 5.56 Å². The van der Waals surface area contributed by atoms with Gasteiger partial charge in [0.25, 0.3) is 5.91 Å². The average molecular weight is 299 g/mol. The molecule has 0 fully saturated rings. The molecule has 1 atom stereocenters. The predicted molar refractivity (Wildman–Crippen MR) is 81.3 cm³/mol. The van der Waals surface area contributed by atoms with Crippen LogP contribution in [-0.4, -0.2) is 18.0 Å². The number of amides is 1. The van der Waals surface area contributed by atoms with E-state index in [9.17, 15) is 9.59 Å². The Morgan fingerprint density at radius 1 is 1.05 bits per heavy atom. The Morgan fingerprint density at radius 3 is 2.27 bits per heavy atom. The second kappa shape index (κ2) is 7.26. The second-order valence-electron chi connectivity index (χ2n) is 4.75. The molecule has 114 valence electrons. The van der Waals surface area contributed by atoms with E-state index in [0.29, 0.717) is 17.9 Å². The van der Waals surface area contributed by atoms with Crippen molar-refractivity contribution in [2.45, 2.75) is 19.6 Å². The van der Waals surface area contributed by atoms with Crippen LogP contribution in [0.1, 0.15) is 22.8 Å². The standard InChI is InChI=1S/C17H17NO4/c1-12(16(18)19)22-17(20)14-7-9-15(10-8-14)21-11-13-5-3-2-4-6-13/h2-10,12H,11H2,1H3,(H2,18,19)/t12-/m1/s1. The lowest BCUT2D eigenvalue weighted by Crippen LogP contribution is -2.30. The fraction of sp³-hybridized carbons (Fsp3) is 0.176. The third kappa shape index (κ3) is 4.34. The first-order valence-corrected chi connectivity index (χ1v) is 6.83. The second-order valence-corrected chi connectivity index (χ2v) is 4.75. The van der Waals surface area contributed by atoms with E-state index in [0.717, 1.165) is 5.56 Å². The van der Waals surface area contributed by atoms with Crippen LogP contribution in [0.2, 0.25) is 0 Å². The van der Waals surface area contributed by atoms with E-state index in [1.807, 2.05) is 30.3 Å². The molecular formula is C17H17NO4. The van der Waals surface area contributed by atoms with Crippen LogP contribution in [0.25, 0.3) is 0 Å². The molecule has 0 saturated heterocycles. The van der Waals surface area contributed by atoms with Gasteiger partial charge in [0, 0.05) is 0 Å². The molecule has 0 spiro atoms. The molecule has 0 radical (unpaired) electrons. The van der Waals surface area contributed by atoms with Crippen LogP contribution in [0.15, 0.2) is 54.6 Å². The van der Waals surface area contributed by atoms with E-state index in [2.05, 4.69) is 0 Å². The minimum atomic E-state index is -0.957. The third-order valence-electron chi connectivity index (χ3n) is 3.02. The van der Waals surface area contributed by atoms with Gasteiger partial charge in [0.15, 0.2) is 6.10 Å². The first kappa shape index (κ1) is 15.6. The summed E-state index contributed by atoms with van der Waals surface area (Å²) in [7, 11) is 0. The molecule has 1 amide bonds. The van der Waals surface area contributed by atoms with Crippen LogP contribution < -0.4 is 10.5 Å². The van der Waals surface area contributed by atoms with Crippen LogP contribution in [0.4, 0.5) is 0 Å². The summed E-state index contributed by atoms with van der Waals surface area (Å²) in [6.07, 6.45) is -0.957. The lowest BCUT2D eigenvalue weighted by molar-refractivity contribution is -0.125. The highest BCUT2D eigenvalue weighted by atomic mass is 16.5. The molecule has 0 aliphatic heterocycles. The number of primary amides is 1. The SMILES string of the molecule is C[C@@H](OC(=O)c1ccc(OCc2ccccc2)cc1)C(N)=O. The highest BCUT2D eigenvalue weighted by Crippen LogP contribution is 2.15. The first-order valence-electron chi connectivity index (χ1n) is 6.83. The number of hydrogen-bond donors (Lipinski definition) is 1. The quantitative estimate of drug-likeness (QED) is 0.830. The molecule has 5 heteroatoms. The van der Waals surface area contributed by atoms with Crippen molar-refractivity contribution in [3.63, 3.8) is 0 Å². The predicted octanol–water partition coefficient (Wildman–Crippen LogP) is 2.30. The number of hydrogen-bond acceptors (Lipinski definition) is 4. The molecule has 5 nitrogen and oxygen atoms in total. The van der Waals surface area contributed by atoms with E-state index >= 15 is 0 Å². The molecule has 0 heterocycles. The van der Waals surface area contributed by atoms with Gasteiger partial charge in [0.1, 0.15) is 12.4 Å². The molecule has 22 heavy (non-hydrogen) atoms. The zero-order chi connectivity index (χ0) is 15.9. The molecule has 0 saturated carbocycles. The minimum absolute atomic E-state index is 0.333. The van der Waals surface area contributed by atoms with Crippen molar-refractivity contribution in [3.8, 4) is 5.75 Å². The topological polar surface area (TPSA) is 78.6 Å². The van der Waals surface area contributed by atoms with Crippen molar-refractivity contribution in [3.05, 3.63) is 65.7 Å². The van der Waals surface area contributed by atoms with E-state index < -0.39 is 18.0 Å². The maximum absolute atomic E-state index is 11.8. The molecule has 0 unspecified atom stereocenters. The molecular weight excluding hydrogens is 282 g/mol. The Bertz CT molecular complexity index is 637. The molecule has 2 N–H and O–H groups in total. The summed E-state index contributed by atoms with van der Waals surface area (Å²) < 4.78 is 10.5. The molecule has 2 aromatic rings.